The van der Waals surface area contributed by atoms with Gasteiger partial charge < -0.3 is 15.3 Å². The molecule has 0 saturated heterocycles. The zero-order valence-corrected chi connectivity index (χ0v) is 37.9. The molecule has 0 aromatic heterocycles. The average Bonchev–Trinajstić information content (AvgIpc) is 3.15. The lowest BCUT2D eigenvalue weighted by Crippen LogP contribution is -2.56. The monoisotopic (exact) mass is 785 g/mol. The van der Waals surface area contributed by atoms with Crippen LogP contribution in [0.2, 0.25) is 0 Å². The summed E-state index contributed by atoms with van der Waals surface area (Å²) in [6, 6.07) is 5.78. The second-order valence-electron chi connectivity index (χ2n) is 18.8. The third-order valence-electron chi connectivity index (χ3n) is 12.7. The van der Waals surface area contributed by atoms with Crippen LogP contribution in [0.3, 0.4) is 0 Å². The lowest BCUT2D eigenvalue weighted by Gasteiger charge is -2.43. The molecular formula is C51H92O5. The molecule has 0 aliphatic carbocycles. The molecule has 0 aliphatic heterocycles. The zero-order chi connectivity index (χ0) is 41.5. The highest BCUT2D eigenvalue weighted by Crippen LogP contribution is 2.49. The van der Waals surface area contributed by atoms with Gasteiger partial charge in [-0.25, -0.2) is 0 Å². The highest BCUT2D eigenvalue weighted by molar-refractivity contribution is 6.00. The number of hydrogen-bond donors (Lipinski definition) is 3. The van der Waals surface area contributed by atoms with Crippen molar-refractivity contribution in [2.75, 3.05) is 0 Å². The first kappa shape index (κ1) is 52.1. The van der Waals surface area contributed by atoms with Crippen molar-refractivity contribution in [3.63, 3.8) is 0 Å². The molecule has 0 radical (unpaired) electrons. The van der Waals surface area contributed by atoms with E-state index >= 15 is 0 Å². The van der Waals surface area contributed by atoms with Crippen LogP contribution in [0.4, 0.5) is 0 Å². The molecule has 0 heterocycles. The van der Waals surface area contributed by atoms with E-state index in [1.165, 1.54) is 154 Å². The van der Waals surface area contributed by atoms with Crippen LogP contribution in [0.1, 0.15) is 270 Å². The Balaban J connectivity index is 2.74. The third kappa shape index (κ3) is 20.7. The largest absolute Gasteiger partial charge is 0.480 e. The van der Waals surface area contributed by atoms with Crippen LogP contribution < -0.4 is 0 Å². The van der Waals surface area contributed by atoms with Gasteiger partial charge in [-0.15, -0.1) is 0 Å². The Kier molecular flexibility index (Phi) is 29.0. The summed E-state index contributed by atoms with van der Waals surface area (Å²) in [4.78, 5) is 26.5. The van der Waals surface area contributed by atoms with Crippen molar-refractivity contribution in [1.29, 1.82) is 0 Å². The quantitative estimate of drug-likeness (QED) is 0.0458. The Morgan fingerprint density at radius 2 is 0.696 bits per heavy atom. The van der Waals surface area contributed by atoms with Crippen molar-refractivity contribution in [2.24, 2.45) is 5.41 Å². The summed E-state index contributed by atoms with van der Waals surface area (Å²) in [5, 5.41) is 34.3. The van der Waals surface area contributed by atoms with E-state index in [1.54, 1.807) is 0 Å². The van der Waals surface area contributed by atoms with Crippen molar-refractivity contribution in [3.05, 3.63) is 34.9 Å². The molecular weight excluding hydrogens is 693 g/mol. The molecule has 1 aromatic rings. The maximum Gasteiger partial charge on any atom is 0.324 e. The predicted octanol–water partition coefficient (Wildman–Crippen LogP) is 15.9. The molecule has 0 aliphatic rings. The van der Waals surface area contributed by atoms with Gasteiger partial charge in [-0.1, -0.05) is 264 Å². The molecule has 5 heteroatoms. The summed E-state index contributed by atoms with van der Waals surface area (Å²) in [7, 11) is 0. The number of unbranched alkanes of at least 4 members (excludes halogenated alkanes) is 30. The second kappa shape index (κ2) is 31.1. The van der Waals surface area contributed by atoms with Gasteiger partial charge in [0.25, 0.3) is 0 Å². The van der Waals surface area contributed by atoms with Crippen molar-refractivity contribution < 1.29 is 24.9 Å². The Morgan fingerprint density at radius 1 is 0.429 bits per heavy atom. The van der Waals surface area contributed by atoms with Crippen LogP contribution >= 0.6 is 0 Å². The van der Waals surface area contributed by atoms with Gasteiger partial charge in [-0.2, -0.15) is 0 Å². The van der Waals surface area contributed by atoms with Gasteiger partial charge >= 0.3 is 11.9 Å². The first-order chi connectivity index (χ1) is 26.9. The molecule has 5 nitrogen and oxygen atoms in total. The molecule has 0 bridgehead atoms. The van der Waals surface area contributed by atoms with Gasteiger partial charge in [0, 0.05) is 0 Å². The molecule has 3 N–H and O–H groups in total. The minimum atomic E-state index is -2.32. The summed E-state index contributed by atoms with van der Waals surface area (Å²) >= 11 is 0. The van der Waals surface area contributed by atoms with Gasteiger partial charge in [0.1, 0.15) is 5.60 Å². The van der Waals surface area contributed by atoms with Crippen LogP contribution in [0.5, 0.6) is 0 Å². The first-order valence-electron chi connectivity index (χ1n) is 24.2. The number of hydrogen-bond acceptors (Lipinski definition) is 3. The number of benzene rings is 1. The molecule has 1 aromatic carbocycles. The predicted molar refractivity (Wildman–Crippen MR) is 240 cm³/mol. The summed E-state index contributed by atoms with van der Waals surface area (Å²) < 4.78 is 0. The van der Waals surface area contributed by atoms with E-state index in [9.17, 15) is 24.9 Å². The Morgan fingerprint density at radius 3 is 0.982 bits per heavy atom. The standard InChI is InChI=1S/C51H92O5/c1-7-9-11-13-15-17-19-21-23-25-27-29-31-33-35-37-39-50(47(52)53,48(54)55)51(56,46-42-44(3)41-45(43-46)49(4,5)6)40-38-36-34-32-30-28-26-24-22-20-18-16-14-12-10-8-2/h41-43,56H,7-40H2,1-6H3,(H,52,53)(H,54,55). The van der Waals surface area contributed by atoms with E-state index in [-0.39, 0.29) is 18.3 Å². The molecule has 326 valence electrons. The topological polar surface area (TPSA) is 94.8 Å². The lowest BCUT2D eigenvalue weighted by molar-refractivity contribution is -0.192. The normalized spacial score (nSPS) is 13.3. The summed E-state index contributed by atoms with van der Waals surface area (Å²) in [6.45, 7) is 12.8. The number of carboxylic acid groups (broad SMARTS) is 2. The van der Waals surface area contributed by atoms with Crippen molar-refractivity contribution >= 4 is 11.9 Å². The highest BCUT2D eigenvalue weighted by atomic mass is 16.4. The average molecular weight is 785 g/mol. The van der Waals surface area contributed by atoms with E-state index < -0.39 is 23.0 Å². The molecule has 0 saturated carbocycles. The van der Waals surface area contributed by atoms with Gasteiger partial charge in [0.05, 0.1) is 0 Å². The second-order valence-corrected chi connectivity index (χ2v) is 18.8. The van der Waals surface area contributed by atoms with E-state index in [0.29, 0.717) is 18.4 Å². The third-order valence-corrected chi connectivity index (χ3v) is 12.7. The fourth-order valence-corrected chi connectivity index (χ4v) is 8.79. The van der Waals surface area contributed by atoms with Gasteiger partial charge in [-0.05, 0) is 36.3 Å². The lowest BCUT2D eigenvalue weighted by atomic mass is 9.62. The number of aliphatic carboxylic acids is 2. The SMILES string of the molecule is CCCCCCCCCCCCCCCCCCC(C(=O)O)(C(=O)O)C(O)(CCCCCCCCCCCCCCCCCC)c1cc(C)cc(C(C)(C)C)c1. The van der Waals surface area contributed by atoms with E-state index in [0.717, 1.165) is 49.7 Å². The smallest absolute Gasteiger partial charge is 0.324 e. The fraction of sp³-hybridized carbons (Fsp3) is 0.843. The van der Waals surface area contributed by atoms with E-state index in [1.807, 2.05) is 19.1 Å². The summed E-state index contributed by atoms with van der Waals surface area (Å²) in [5.74, 6) is -2.85. The molecule has 56 heavy (non-hydrogen) atoms. The van der Waals surface area contributed by atoms with Crippen molar-refractivity contribution in [1.82, 2.24) is 0 Å². The Bertz CT molecular complexity index is 1120. The number of aryl methyl sites for hydroxylation is 1. The summed E-state index contributed by atoms with van der Waals surface area (Å²) in [6.07, 6.45) is 38.8. The maximum atomic E-state index is 13.3. The molecule has 1 rings (SSSR count). The molecule has 1 unspecified atom stereocenters. The Hall–Kier alpha value is -1.88. The van der Waals surface area contributed by atoms with E-state index in [4.69, 9.17) is 0 Å². The van der Waals surface area contributed by atoms with Gasteiger partial charge in [0.2, 0.25) is 0 Å². The number of carboxylic acids is 2. The molecule has 0 amide bonds. The number of rotatable bonds is 38. The number of carbonyl (C=O) groups is 2. The van der Waals surface area contributed by atoms with Crippen molar-refractivity contribution in [3.8, 4) is 0 Å². The van der Waals surface area contributed by atoms with Gasteiger partial charge in [-0.3, -0.25) is 9.59 Å². The Labute approximate surface area is 347 Å². The van der Waals surface area contributed by atoms with Crippen LogP contribution in [-0.4, -0.2) is 27.3 Å². The molecule has 0 fully saturated rings. The van der Waals surface area contributed by atoms with Crippen LogP contribution in [0, 0.1) is 12.3 Å². The molecule has 1 atom stereocenters. The van der Waals surface area contributed by atoms with E-state index in [2.05, 4.69) is 40.7 Å². The minimum absolute atomic E-state index is 0.0791. The van der Waals surface area contributed by atoms with Gasteiger partial charge in [0.15, 0.2) is 5.41 Å². The van der Waals surface area contributed by atoms with Crippen LogP contribution in [0.25, 0.3) is 0 Å². The summed E-state index contributed by atoms with van der Waals surface area (Å²) in [5.41, 5.74) is -2.26. The number of aliphatic hydroxyl groups is 1. The minimum Gasteiger partial charge on any atom is -0.480 e. The van der Waals surface area contributed by atoms with Crippen molar-refractivity contribution in [2.45, 2.75) is 271 Å². The van der Waals surface area contributed by atoms with Crippen LogP contribution in [-0.2, 0) is 20.6 Å². The highest BCUT2D eigenvalue weighted by Gasteiger charge is 2.62. The fourth-order valence-electron chi connectivity index (χ4n) is 8.79. The first-order valence-corrected chi connectivity index (χ1v) is 24.2. The maximum absolute atomic E-state index is 13.3. The van der Waals surface area contributed by atoms with Crippen LogP contribution in [0.15, 0.2) is 18.2 Å². The zero-order valence-electron chi connectivity index (χ0n) is 37.9. The molecule has 0 spiro atoms.